The molecule has 0 aliphatic carbocycles. The van der Waals surface area contributed by atoms with Gasteiger partial charge in [-0.2, -0.15) is 5.26 Å². The Morgan fingerprint density at radius 3 is 2.50 bits per heavy atom. The molecule has 0 radical (unpaired) electrons. The summed E-state index contributed by atoms with van der Waals surface area (Å²) in [5.41, 5.74) is -0.470. The number of halogens is 1. The van der Waals surface area contributed by atoms with Gasteiger partial charge in [0.25, 0.3) is 10.0 Å². The van der Waals surface area contributed by atoms with Crippen LogP contribution >= 0.6 is 11.6 Å². The van der Waals surface area contributed by atoms with Crippen LogP contribution in [0.15, 0.2) is 23.1 Å². The van der Waals surface area contributed by atoms with Gasteiger partial charge in [-0.1, -0.05) is 16.5 Å². The minimum Gasteiger partial charge on any atom is -0.281 e. The highest BCUT2D eigenvalue weighted by atomic mass is 35.5. The molecule has 0 saturated heterocycles. The molecule has 0 atom stereocenters. The highest BCUT2D eigenvalue weighted by Gasteiger charge is 2.22. The van der Waals surface area contributed by atoms with Crippen molar-refractivity contribution in [2.24, 2.45) is 0 Å². The van der Waals surface area contributed by atoms with E-state index in [2.05, 4.69) is 0 Å². The molecular weight excluding hydrogens is 276 g/mol. The van der Waals surface area contributed by atoms with Gasteiger partial charge < -0.3 is 0 Å². The van der Waals surface area contributed by atoms with Crippen molar-refractivity contribution in [3.63, 3.8) is 0 Å². The van der Waals surface area contributed by atoms with Gasteiger partial charge in [0.05, 0.1) is 22.3 Å². The van der Waals surface area contributed by atoms with Gasteiger partial charge in [0.15, 0.2) is 0 Å². The first kappa shape index (κ1) is 14.9. The van der Waals surface area contributed by atoms with Gasteiger partial charge in [-0.25, -0.2) is 8.42 Å². The number of nitriles is 1. The van der Waals surface area contributed by atoms with Crippen LogP contribution in [0.1, 0.15) is 26.3 Å². The number of hydrogen-bond donors (Lipinski definition) is 1. The Morgan fingerprint density at radius 1 is 1.39 bits per heavy atom. The van der Waals surface area contributed by atoms with E-state index in [0.29, 0.717) is 0 Å². The monoisotopic (exact) mass is 288 g/mol. The van der Waals surface area contributed by atoms with Crippen molar-refractivity contribution in [2.75, 3.05) is 0 Å². The van der Waals surface area contributed by atoms with Crippen LogP contribution in [0.4, 0.5) is 0 Å². The lowest BCUT2D eigenvalue weighted by Crippen LogP contribution is -2.33. The summed E-state index contributed by atoms with van der Waals surface area (Å²) >= 11 is 5.80. The Labute approximate surface area is 111 Å². The van der Waals surface area contributed by atoms with E-state index in [1.54, 1.807) is 20.8 Å². The average Bonchev–Trinajstić information content (AvgIpc) is 2.26. The molecule has 7 heteroatoms. The third-order valence-electron chi connectivity index (χ3n) is 1.81. The van der Waals surface area contributed by atoms with E-state index in [1.165, 1.54) is 18.2 Å². The molecular formula is C11H13ClN2O3S. The lowest BCUT2D eigenvalue weighted by atomic mass is 10.2. The molecule has 0 heterocycles. The first-order chi connectivity index (χ1) is 8.15. The fourth-order valence-electron chi connectivity index (χ4n) is 1.00. The summed E-state index contributed by atoms with van der Waals surface area (Å²) in [5, 5.41) is 8.77. The third kappa shape index (κ3) is 3.96. The van der Waals surface area contributed by atoms with Crippen LogP contribution in [-0.4, -0.2) is 14.0 Å². The number of nitrogens with zero attached hydrogens (tertiary/aromatic N) is 1. The molecule has 18 heavy (non-hydrogen) atoms. The summed E-state index contributed by atoms with van der Waals surface area (Å²) in [6.07, 6.45) is 0. The Hall–Kier alpha value is -1.13. The number of hydrogen-bond acceptors (Lipinski definition) is 4. The molecule has 5 nitrogen and oxygen atoms in total. The summed E-state index contributed by atoms with van der Waals surface area (Å²) in [5.74, 6) is 0. The van der Waals surface area contributed by atoms with Gasteiger partial charge in [-0.3, -0.25) is 4.84 Å². The van der Waals surface area contributed by atoms with Crippen LogP contribution < -0.4 is 4.89 Å². The highest BCUT2D eigenvalue weighted by molar-refractivity contribution is 7.89. The lowest BCUT2D eigenvalue weighted by Gasteiger charge is -2.19. The van der Waals surface area contributed by atoms with Gasteiger partial charge in [0.1, 0.15) is 4.90 Å². The molecule has 0 bridgehead atoms. The molecule has 1 aromatic carbocycles. The molecule has 0 unspecified atom stereocenters. The molecule has 0 amide bonds. The molecule has 0 spiro atoms. The van der Waals surface area contributed by atoms with E-state index in [1.807, 2.05) is 11.0 Å². The molecule has 0 aliphatic rings. The van der Waals surface area contributed by atoms with Gasteiger partial charge in [0, 0.05) is 0 Å². The maximum absolute atomic E-state index is 11.9. The molecule has 1 aromatic rings. The quantitative estimate of drug-likeness (QED) is 0.865. The minimum atomic E-state index is -3.91. The maximum Gasteiger partial charge on any atom is 0.264 e. The smallest absolute Gasteiger partial charge is 0.264 e. The number of sulfonamides is 1. The zero-order valence-electron chi connectivity index (χ0n) is 10.2. The summed E-state index contributed by atoms with van der Waals surface area (Å²) in [6.45, 7) is 5.09. The van der Waals surface area contributed by atoms with E-state index in [-0.39, 0.29) is 15.5 Å². The van der Waals surface area contributed by atoms with Crippen LogP contribution in [0.2, 0.25) is 5.02 Å². The maximum atomic E-state index is 11.9. The molecule has 0 aliphatic heterocycles. The van der Waals surface area contributed by atoms with Crippen molar-refractivity contribution in [3.8, 4) is 6.07 Å². The topological polar surface area (TPSA) is 79.2 Å². The van der Waals surface area contributed by atoms with Gasteiger partial charge in [-0.05, 0) is 39.0 Å². The van der Waals surface area contributed by atoms with Crippen LogP contribution in [0.25, 0.3) is 0 Å². The van der Waals surface area contributed by atoms with E-state index in [4.69, 9.17) is 21.7 Å². The second-order valence-electron chi connectivity index (χ2n) is 4.56. The fraction of sp³-hybridized carbons (Fsp3) is 0.364. The first-order valence-electron chi connectivity index (χ1n) is 5.05. The largest absolute Gasteiger partial charge is 0.281 e. The van der Waals surface area contributed by atoms with Gasteiger partial charge in [0.2, 0.25) is 0 Å². The molecule has 1 rings (SSSR count). The van der Waals surface area contributed by atoms with E-state index >= 15 is 0 Å². The van der Waals surface area contributed by atoms with Crippen LogP contribution in [0.3, 0.4) is 0 Å². The molecule has 1 N–H and O–H groups in total. The minimum absolute atomic E-state index is 0.0269. The van der Waals surface area contributed by atoms with Crippen LogP contribution in [0, 0.1) is 11.3 Å². The number of benzene rings is 1. The summed E-state index contributed by atoms with van der Waals surface area (Å²) < 4.78 is 23.9. The van der Waals surface area contributed by atoms with Crippen LogP contribution in [0.5, 0.6) is 0 Å². The summed E-state index contributed by atoms with van der Waals surface area (Å²) in [4.78, 5) is 6.80. The van der Waals surface area contributed by atoms with E-state index < -0.39 is 15.6 Å². The second-order valence-corrected chi connectivity index (χ2v) is 6.58. The summed E-state index contributed by atoms with van der Waals surface area (Å²) in [7, 11) is -3.91. The van der Waals surface area contributed by atoms with Gasteiger partial charge >= 0.3 is 0 Å². The highest BCUT2D eigenvalue weighted by Crippen LogP contribution is 2.22. The average molecular weight is 289 g/mol. The Kier molecular flexibility index (Phi) is 4.35. The molecule has 98 valence electrons. The van der Waals surface area contributed by atoms with Crippen molar-refractivity contribution in [2.45, 2.75) is 31.3 Å². The lowest BCUT2D eigenvalue weighted by molar-refractivity contribution is -0.0357. The fourth-order valence-corrected chi connectivity index (χ4v) is 2.48. The predicted molar refractivity (Wildman–Crippen MR) is 67.3 cm³/mol. The Morgan fingerprint density at radius 2 is 2.00 bits per heavy atom. The predicted octanol–water partition coefficient (Wildman–Crippen LogP) is 2.22. The van der Waals surface area contributed by atoms with E-state index in [9.17, 15) is 8.42 Å². The van der Waals surface area contributed by atoms with Crippen molar-refractivity contribution in [1.82, 2.24) is 4.89 Å². The Bertz CT molecular complexity index is 585. The van der Waals surface area contributed by atoms with Crippen molar-refractivity contribution >= 4 is 21.6 Å². The van der Waals surface area contributed by atoms with Crippen molar-refractivity contribution < 1.29 is 13.3 Å². The van der Waals surface area contributed by atoms with Crippen LogP contribution in [-0.2, 0) is 14.9 Å². The summed E-state index contributed by atoms with van der Waals surface area (Å²) in [6, 6.07) is 5.83. The second kappa shape index (κ2) is 5.24. The molecule has 0 aromatic heterocycles. The zero-order chi connectivity index (χ0) is 14.0. The van der Waals surface area contributed by atoms with Crippen molar-refractivity contribution in [1.29, 1.82) is 5.26 Å². The van der Waals surface area contributed by atoms with Crippen molar-refractivity contribution in [3.05, 3.63) is 28.8 Å². The zero-order valence-corrected chi connectivity index (χ0v) is 11.8. The number of rotatable bonds is 3. The Balaban J connectivity index is 3.09. The third-order valence-corrected chi connectivity index (χ3v) is 3.47. The SMILES string of the molecule is CC(C)(C)ONS(=O)(=O)c1cc(C#N)ccc1Cl. The standard InChI is InChI=1S/C11H13ClN2O3S/c1-11(2,3)17-14-18(15,16)10-6-8(7-13)4-5-9(10)12/h4-6,14H,1-3H3. The first-order valence-corrected chi connectivity index (χ1v) is 6.91. The number of nitrogens with one attached hydrogen (secondary N) is 1. The molecule has 0 saturated carbocycles. The van der Waals surface area contributed by atoms with E-state index in [0.717, 1.165) is 0 Å². The normalized spacial score (nSPS) is 12.2. The molecule has 0 fully saturated rings. The van der Waals surface area contributed by atoms with Gasteiger partial charge in [-0.15, -0.1) is 0 Å².